The molecule has 0 bridgehead atoms. The van der Waals surface area contributed by atoms with Crippen LogP contribution in [-0.2, 0) is 23.9 Å². The number of rotatable bonds is 1. The highest BCUT2D eigenvalue weighted by molar-refractivity contribution is 6.10. The molecule has 0 radical (unpaired) electrons. The van der Waals surface area contributed by atoms with E-state index >= 15 is 0 Å². The molecule has 2 aliphatic rings. The van der Waals surface area contributed by atoms with E-state index in [-0.39, 0.29) is 12.8 Å². The van der Waals surface area contributed by atoms with Gasteiger partial charge in [-0.3, -0.25) is 19.3 Å². The van der Waals surface area contributed by atoms with E-state index in [2.05, 4.69) is 4.74 Å². The van der Waals surface area contributed by atoms with Gasteiger partial charge in [0.2, 0.25) is 11.8 Å². The zero-order valence-electron chi connectivity index (χ0n) is 7.63. The van der Waals surface area contributed by atoms with Crippen molar-refractivity contribution in [1.29, 1.82) is 0 Å². The molecule has 2 unspecified atom stereocenters. The maximum absolute atomic E-state index is 11.4. The fourth-order valence-electron chi connectivity index (χ4n) is 1.66. The fraction of sp³-hybridized carbons (Fsp3) is 0.500. The number of cyclic esters (lactones) is 2. The largest absolute Gasteiger partial charge is 0.392 e. The summed E-state index contributed by atoms with van der Waals surface area (Å²) >= 11 is 0. The van der Waals surface area contributed by atoms with Crippen LogP contribution in [0.15, 0.2) is 0 Å². The number of likely N-dealkylation sites (tertiary alicyclic amines) is 1. The van der Waals surface area contributed by atoms with Gasteiger partial charge in [-0.1, -0.05) is 0 Å². The Morgan fingerprint density at radius 1 is 1.20 bits per heavy atom. The van der Waals surface area contributed by atoms with Gasteiger partial charge >= 0.3 is 11.9 Å². The Morgan fingerprint density at radius 2 is 1.87 bits per heavy atom. The van der Waals surface area contributed by atoms with Crippen LogP contribution in [0, 0.1) is 0 Å². The molecule has 2 rings (SSSR count). The van der Waals surface area contributed by atoms with E-state index in [0.717, 1.165) is 4.90 Å². The number of imide groups is 1. The lowest BCUT2D eigenvalue weighted by atomic mass is 10.2. The number of esters is 2. The highest BCUT2D eigenvalue weighted by atomic mass is 16.6. The lowest BCUT2D eigenvalue weighted by Crippen LogP contribution is -2.44. The Bertz CT molecular complexity index is 377. The number of ether oxygens (including phenoxy) is 1. The second-order valence-corrected chi connectivity index (χ2v) is 3.43. The second kappa shape index (κ2) is 3.13. The smallest absolute Gasteiger partial charge is 0.337 e. The van der Waals surface area contributed by atoms with Crippen molar-refractivity contribution in [2.75, 3.05) is 0 Å². The zero-order valence-corrected chi connectivity index (χ0v) is 7.63. The standard InChI is InChI=1S/C8H8N2O5/c9-3-1-5(11)10(7(3)13)4-2-6(12)15-8(4)14/h3-4H,1-2,9H2. The second-order valence-electron chi connectivity index (χ2n) is 3.43. The minimum absolute atomic E-state index is 0.128. The van der Waals surface area contributed by atoms with Crippen LogP contribution in [0.3, 0.4) is 0 Å². The van der Waals surface area contributed by atoms with Crippen LogP contribution in [0.2, 0.25) is 0 Å². The maximum atomic E-state index is 11.4. The Kier molecular flexibility index (Phi) is 2.04. The van der Waals surface area contributed by atoms with Gasteiger partial charge in [0, 0.05) is 0 Å². The van der Waals surface area contributed by atoms with Crippen molar-refractivity contribution in [2.24, 2.45) is 5.73 Å². The quantitative estimate of drug-likeness (QED) is 0.303. The van der Waals surface area contributed by atoms with E-state index in [1.165, 1.54) is 0 Å². The number of nitrogens with two attached hydrogens (primary N) is 1. The first-order valence-corrected chi connectivity index (χ1v) is 4.36. The minimum atomic E-state index is -1.12. The van der Waals surface area contributed by atoms with Gasteiger partial charge in [0.05, 0.1) is 18.9 Å². The lowest BCUT2D eigenvalue weighted by Gasteiger charge is -2.17. The van der Waals surface area contributed by atoms with Crippen molar-refractivity contribution in [3.63, 3.8) is 0 Å². The number of nitrogens with zero attached hydrogens (tertiary/aromatic N) is 1. The van der Waals surface area contributed by atoms with E-state index in [0.29, 0.717) is 0 Å². The molecular weight excluding hydrogens is 204 g/mol. The van der Waals surface area contributed by atoms with Crippen molar-refractivity contribution < 1.29 is 23.9 Å². The predicted octanol–water partition coefficient (Wildman–Crippen LogP) is -2.09. The molecule has 0 aromatic rings. The number of hydrogen-bond acceptors (Lipinski definition) is 6. The van der Waals surface area contributed by atoms with Crippen LogP contribution in [-0.4, -0.2) is 40.7 Å². The normalized spacial score (nSPS) is 31.4. The molecule has 7 heteroatoms. The summed E-state index contributed by atoms with van der Waals surface area (Å²) in [5.74, 6) is -2.76. The molecule has 80 valence electrons. The van der Waals surface area contributed by atoms with Gasteiger partial charge in [-0.25, -0.2) is 4.79 Å². The summed E-state index contributed by atoms with van der Waals surface area (Å²) < 4.78 is 4.25. The third kappa shape index (κ3) is 1.40. The highest BCUT2D eigenvalue weighted by Gasteiger charge is 2.48. The van der Waals surface area contributed by atoms with Gasteiger partial charge in [-0.2, -0.15) is 0 Å². The van der Waals surface area contributed by atoms with E-state index < -0.39 is 35.8 Å². The summed E-state index contributed by atoms with van der Waals surface area (Å²) in [6, 6.07) is -2.04. The number of carbonyl (C=O) groups is 4. The van der Waals surface area contributed by atoms with Gasteiger partial charge in [-0.15, -0.1) is 0 Å². The van der Waals surface area contributed by atoms with Crippen LogP contribution in [0.1, 0.15) is 12.8 Å². The van der Waals surface area contributed by atoms with Crippen molar-refractivity contribution in [3.05, 3.63) is 0 Å². The van der Waals surface area contributed by atoms with Crippen LogP contribution in [0.25, 0.3) is 0 Å². The first kappa shape index (κ1) is 9.78. The molecule has 0 aromatic carbocycles. The average Bonchev–Trinajstić information content (AvgIpc) is 2.56. The van der Waals surface area contributed by atoms with Crippen molar-refractivity contribution >= 4 is 23.8 Å². The molecule has 2 atom stereocenters. The van der Waals surface area contributed by atoms with Crippen LogP contribution >= 0.6 is 0 Å². The van der Waals surface area contributed by atoms with Crippen molar-refractivity contribution in [2.45, 2.75) is 24.9 Å². The van der Waals surface area contributed by atoms with E-state index in [1.807, 2.05) is 0 Å². The maximum Gasteiger partial charge on any atom is 0.337 e. The third-order valence-corrected chi connectivity index (χ3v) is 2.38. The van der Waals surface area contributed by atoms with Crippen LogP contribution in [0.4, 0.5) is 0 Å². The molecule has 2 heterocycles. The first-order chi connectivity index (χ1) is 7.00. The molecule has 2 saturated heterocycles. The van der Waals surface area contributed by atoms with Crippen LogP contribution in [0.5, 0.6) is 0 Å². The predicted molar refractivity (Wildman–Crippen MR) is 43.9 cm³/mol. The molecule has 0 saturated carbocycles. The summed E-state index contributed by atoms with van der Waals surface area (Å²) in [6.45, 7) is 0. The Hall–Kier alpha value is -1.76. The van der Waals surface area contributed by atoms with E-state index in [1.54, 1.807) is 0 Å². The minimum Gasteiger partial charge on any atom is -0.392 e. The van der Waals surface area contributed by atoms with Gasteiger partial charge in [0.25, 0.3) is 0 Å². The summed E-state index contributed by atoms with van der Waals surface area (Å²) in [5.41, 5.74) is 5.36. The zero-order chi connectivity index (χ0) is 11.2. The first-order valence-electron chi connectivity index (χ1n) is 4.36. The molecule has 15 heavy (non-hydrogen) atoms. The summed E-state index contributed by atoms with van der Waals surface area (Å²) in [6.07, 6.45) is -0.403. The van der Waals surface area contributed by atoms with Gasteiger partial charge in [0.15, 0.2) is 0 Å². The van der Waals surface area contributed by atoms with E-state index in [9.17, 15) is 19.2 Å². The number of amides is 2. The topological polar surface area (TPSA) is 107 Å². The highest BCUT2D eigenvalue weighted by Crippen LogP contribution is 2.22. The monoisotopic (exact) mass is 212 g/mol. The molecule has 0 aromatic heterocycles. The Morgan fingerprint density at radius 3 is 2.27 bits per heavy atom. The Balaban J connectivity index is 2.24. The van der Waals surface area contributed by atoms with Gasteiger partial charge in [0.1, 0.15) is 6.04 Å². The fourth-order valence-corrected chi connectivity index (χ4v) is 1.66. The summed E-state index contributed by atoms with van der Waals surface area (Å²) in [4.78, 5) is 45.4. The molecular formula is C8H8N2O5. The van der Waals surface area contributed by atoms with Crippen LogP contribution < -0.4 is 5.73 Å². The lowest BCUT2D eigenvalue weighted by molar-refractivity contribution is -0.157. The summed E-state index contributed by atoms with van der Waals surface area (Å²) in [5, 5.41) is 0. The van der Waals surface area contributed by atoms with E-state index in [4.69, 9.17) is 5.73 Å². The van der Waals surface area contributed by atoms with Gasteiger partial charge < -0.3 is 10.5 Å². The molecule has 0 aliphatic carbocycles. The molecule has 7 nitrogen and oxygen atoms in total. The average molecular weight is 212 g/mol. The summed E-state index contributed by atoms with van der Waals surface area (Å²) in [7, 11) is 0. The molecule has 2 aliphatic heterocycles. The Labute approximate surface area is 84.1 Å². The third-order valence-electron chi connectivity index (χ3n) is 2.38. The number of hydrogen-bond donors (Lipinski definition) is 1. The molecule has 0 spiro atoms. The molecule has 2 amide bonds. The number of carbonyl (C=O) groups excluding carboxylic acids is 4. The van der Waals surface area contributed by atoms with Crippen molar-refractivity contribution in [3.8, 4) is 0 Å². The molecule has 2 N–H and O–H groups in total. The molecule has 2 fully saturated rings. The van der Waals surface area contributed by atoms with Gasteiger partial charge in [-0.05, 0) is 0 Å². The SMILES string of the molecule is NC1CC(=O)N(C2CC(=O)OC2=O)C1=O. The van der Waals surface area contributed by atoms with Crippen molar-refractivity contribution in [1.82, 2.24) is 4.90 Å².